The van der Waals surface area contributed by atoms with E-state index in [-0.39, 0.29) is 5.54 Å². The number of carbonyl (C=O) groups excluding carboxylic acids is 1. The fourth-order valence-electron chi connectivity index (χ4n) is 2.55. The largest absolute Gasteiger partial charge is 0.607 e. The van der Waals surface area contributed by atoms with Gasteiger partial charge in [-0.2, -0.15) is 5.26 Å². The summed E-state index contributed by atoms with van der Waals surface area (Å²) in [7, 11) is -1.83. The van der Waals surface area contributed by atoms with Gasteiger partial charge in [-0.05, 0) is 12.1 Å². The van der Waals surface area contributed by atoms with Crippen molar-refractivity contribution in [3.8, 4) is 6.07 Å². The van der Waals surface area contributed by atoms with E-state index in [9.17, 15) is 14.6 Å². The topological polar surface area (TPSA) is 63.9 Å². The van der Waals surface area contributed by atoms with Crippen LogP contribution in [0.4, 0.5) is 0 Å². The molecule has 2 unspecified atom stereocenters. The molecule has 1 aliphatic rings. The van der Waals surface area contributed by atoms with Gasteiger partial charge in [0.05, 0.1) is 19.7 Å². The molecule has 0 aromatic heterocycles. The van der Waals surface area contributed by atoms with E-state index in [0.29, 0.717) is 27.2 Å². The van der Waals surface area contributed by atoms with Crippen molar-refractivity contribution >= 4 is 25.5 Å². The molecule has 0 bridgehead atoms. The van der Waals surface area contributed by atoms with Crippen LogP contribution >= 0.6 is 0 Å². The lowest BCUT2D eigenvalue weighted by atomic mass is 10.2. The molecular weight excluding hydrogens is 298 g/mol. The lowest BCUT2D eigenvalue weighted by molar-refractivity contribution is -0.104. The first-order valence-electron chi connectivity index (χ1n) is 6.68. The number of aldehydes is 1. The molecule has 2 atom stereocenters. The van der Waals surface area contributed by atoms with Gasteiger partial charge in [0.2, 0.25) is 0 Å². The quantitative estimate of drug-likeness (QED) is 0.486. The number of nitrogens with zero attached hydrogens (tertiary/aromatic N) is 1. The van der Waals surface area contributed by atoms with E-state index in [4.69, 9.17) is 0 Å². The third-order valence-corrected chi connectivity index (χ3v) is 7.49. The minimum absolute atomic E-state index is 0.163. The van der Waals surface area contributed by atoms with E-state index in [1.165, 1.54) is 0 Å². The number of benzene rings is 1. The third kappa shape index (κ3) is 3.03. The Morgan fingerprint density at radius 2 is 1.90 bits per heavy atom. The van der Waals surface area contributed by atoms with Crippen LogP contribution in [-0.2, 0) is 16.0 Å². The molecule has 0 amide bonds. The van der Waals surface area contributed by atoms with Crippen molar-refractivity contribution in [3.05, 3.63) is 52.5 Å². The molecule has 1 aliphatic carbocycles. The molecule has 0 radical (unpaired) electrons. The molecule has 108 valence electrons. The Hall–Kier alpha value is -1.61. The lowest BCUT2D eigenvalue weighted by Gasteiger charge is -2.28. The fraction of sp³-hybridized carbons (Fsp3) is 0.250. The van der Waals surface area contributed by atoms with Gasteiger partial charge >= 0.3 is 0 Å². The Labute approximate surface area is 129 Å². The first-order valence-corrected chi connectivity index (χ1v) is 11.4. The molecule has 1 aromatic rings. The zero-order chi connectivity index (χ0) is 15.6. The number of hydrogen-bond acceptors (Lipinski definition) is 3. The molecule has 5 heteroatoms. The van der Waals surface area contributed by atoms with Crippen LogP contribution in [-0.4, -0.2) is 18.9 Å². The molecule has 0 N–H and O–H groups in total. The van der Waals surface area contributed by atoms with Gasteiger partial charge in [-0.25, -0.2) is 0 Å². The van der Waals surface area contributed by atoms with Gasteiger partial charge in [0, 0.05) is 28.4 Å². The summed E-state index contributed by atoms with van der Waals surface area (Å²) in [5.41, 5.74) is 0.691. The molecule has 1 aromatic carbocycles. The second-order valence-electron chi connectivity index (χ2n) is 6.03. The number of nitriles is 1. The first-order chi connectivity index (χ1) is 9.90. The van der Waals surface area contributed by atoms with E-state index in [2.05, 4.69) is 25.7 Å². The van der Waals surface area contributed by atoms with Gasteiger partial charge in [0.1, 0.15) is 4.91 Å². The average Bonchev–Trinajstić information content (AvgIpc) is 2.86. The molecule has 0 heterocycles. The predicted octanol–water partition coefficient (Wildman–Crippen LogP) is 3.42. The van der Waals surface area contributed by atoms with E-state index in [1.54, 1.807) is 6.08 Å². The van der Waals surface area contributed by atoms with Crippen molar-refractivity contribution in [3.63, 3.8) is 0 Å². The molecule has 21 heavy (non-hydrogen) atoms. The van der Waals surface area contributed by atoms with Crippen molar-refractivity contribution in [2.75, 3.05) is 0 Å². The molecule has 0 spiro atoms. The van der Waals surface area contributed by atoms with Crippen molar-refractivity contribution < 1.29 is 9.35 Å². The van der Waals surface area contributed by atoms with E-state index < -0.39 is 19.2 Å². The highest BCUT2D eigenvalue weighted by Gasteiger charge is 2.44. The number of rotatable bonds is 4. The van der Waals surface area contributed by atoms with Crippen LogP contribution in [0.1, 0.15) is 0 Å². The van der Waals surface area contributed by atoms with Crippen LogP contribution in [0.25, 0.3) is 0 Å². The molecule has 0 saturated heterocycles. The summed E-state index contributed by atoms with van der Waals surface area (Å²) in [6.07, 6.45) is 2.35. The molecule has 0 fully saturated rings. The molecule has 3 nitrogen and oxygen atoms in total. The van der Waals surface area contributed by atoms with E-state index in [1.807, 2.05) is 30.3 Å². The Balaban J connectivity index is 2.49. The van der Waals surface area contributed by atoms with Crippen molar-refractivity contribution in [1.29, 1.82) is 5.26 Å². The second kappa shape index (κ2) is 6.02. The van der Waals surface area contributed by atoms with Gasteiger partial charge in [-0.1, -0.05) is 37.8 Å². The van der Waals surface area contributed by atoms with Crippen molar-refractivity contribution in [2.45, 2.75) is 30.1 Å². The van der Waals surface area contributed by atoms with Gasteiger partial charge in [-0.15, -0.1) is 0 Å². The standard InChI is InChI=1S/C16H17NO2SSi/c1-21(2,3)16-14(10-17)12(11-18)9-15(16)20(19)13-7-5-4-6-8-13/h4-9,11,16H,1-3H3. The minimum Gasteiger partial charge on any atom is -0.607 e. The fourth-order valence-corrected chi connectivity index (χ4v) is 7.21. The smallest absolute Gasteiger partial charge is 0.158 e. The highest BCUT2D eigenvalue weighted by molar-refractivity contribution is 7.95. The second-order valence-corrected chi connectivity index (χ2v) is 12.8. The molecular formula is C16H17NO2SSi. The highest BCUT2D eigenvalue weighted by atomic mass is 32.2. The van der Waals surface area contributed by atoms with Crippen LogP contribution in [0.3, 0.4) is 0 Å². The van der Waals surface area contributed by atoms with Crippen LogP contribution in [0.15, 0.2) is 57.4 Å². The Kier molecular flexibility index (Phi) is 4.52. The summed E-state index contributed by atoms with van der Waals surface area (Å²) in [6, 6.07) is 11.3. The Morgan fingerprint density at radius 3 is 2.38 bits per heavy atom. The van der Waals surface area contributed by atoms with Crippen LogP contribution in [0.2, 0.25) is 25.2 Å². The van der Waals surface area contributed by atoms with Crippen LogP contribution in [0.5, 0.6) is 0 Å². The van der Waals surface area contributed by atoms with Crippen molar-refractivity contribution in [1.82, 2.24) is 0 Å². The highest BCUT2D eigenvalue weighted by Crippen LogP contribution is 2.46. The normalized spacial score (nSPS) is 20.0. The van der Waals surface area contributed by atoms with Gasteiger partial charge < -0.3 is 4.55 Å². The molecule has 2 rings (SSSR count). The summed E-state index contributed by atoms with van der Waals surface area (Å²) < 4.78 is 12.8. The summed E-state index contributed by atoms with van der Waals surface area (Å²) in [4.78, 5) is 12.6. The Bertz CT molecular complexity index is 653. The lowest BCUT2D eigenvalue weighted by Crippen LogP contribution is -2.31. The van der Waals surface area contributed by atoms with Gasteiger partial charge in [0.15, 0.2) is 11.2 Å². The van der Waals surface area contributed by atoms with Gasteiger partial charge in [0.25, 0.3) is 0 Å². The van der Waals surface area contributed by atoms with Crippen LogP contribution in [0, 0.1) is 11.3 Å². The maximum atomic E-state index is 12.8. The maximum absolute atomic E-state index is 12.8. The molecule has 0 saturated carbocycles. The number of allylic oxidation sites excluding steroid dienone is 4. The first kappa shape index (κ1) is 15.8. The summed E-state index contributed by atoms with van der Waals surface area (Å²) in [5.74, 6) is 0. The average molecular weight is 315 g/mol. The summed E-state index contributed by atoms with van der Waals surface area (Å²) in [6.45, 7) is 6.37. The van der Waals surface area contributed by atoms with Gasteiger partial charge in [-0.3, -0.25) is 4.79 Å². The monoisotopic (exact) mass is 315 g/mol. The van der Waals surface area contributed by atoms with E-state index in [0.717, 1.165) is 0 Å². The van der Waals surface area contributed by atoms with Crippen LogP contribution < -0.4 is 0 Å². The Morgan fingerprint density at radius 1 is 1.29 bits per heavy atom. The molecule has 0 aliphatic heterocycles. The van der Waals surface area contributed by atoms with Crippen molar-refractivity contribution in [2.24, 2.45) is 0 Å². The summed E-state index contributed by atoms with van der Waals surface area (Å²) in [5, 5.41) is 9.39. The number of hydrogen-bond donors (Lipinski definition) is 0. The van der Waals surface area contributed by atoms with E-state index >= 15 is 0 Å². The maximum Gasteiger partial charge on any atom is 0.158 e. The predicted molar refractivity (Wildman–Crippen MR) is 86.7 cm³/mol. The zero-order valence-corrected chi connectivity index (χ0v) is 14.1. The SMILES string of the molecule is C[Si](C)(C)C1C([S+]([O-])c2ccccc2)=CC(C=O)=C1C#N. The zero-order valence-electron chi connectivity index (χ0n) is 12.3. The minimum atomic E-state index is -1.83. The third-order valence-electron chi connectivity index (χ3n) is 3.47. The number of carbonyl (C=O) groups is 1. The summed E-state index contributed by atoms with van der Waals surface area (Å²) >= 11 is -1.34.